The van der Waals surface area contributed by atoms with Gasteiger partial charge in [-0.1, -0.05) is 6.07 Å². The molecule has 13 heavy (non-hydrogen) atoms. The molecule has 0 aliphatic carbocycles. The minimum atomic E-state index is -0.895. The van der Waals surface area contributed by atoms with E-state index in [0.717, 1.165) is 11.3 Å². The van der Waals surface area contributed by atoms with E-state index in [4.69, 9.17) is 10.8 Å². The average Bonchev–Trinajstić information content (AvgIpc) is 2.04. The van der Waals surface area contributed by atoms with Crippen LogP contribution in [0, 0.1) is 6.92 Å². The molecule has 0 spiro atoms. The quantitative estimate of drug-likeness (QED) is 0.723. The fraction of sp³-hybridized carbons (Fsp3) is 0.333. The highest BCUT2D eigenvalue weighted by molar-refractivity contribution is 5.67. The maximum atomic E-state index is 10.3. The summed E-state index contributed by atoms with van der Waals surface area (Å²) in [6.45, 7) is 1.87. The molecule has 70 valence electrons. The maximum Gasteiger partial charge on any atom is 0.305 e. The number of rotatable bonds is 3. The lowest BCUT2D eigenvalue weighted by Gasteiger charge is -2.08. The first-order valence-electron chi connectivity index (χ1n) is 3.99. The second-order valence-corrected chi connectivity index (χ2v) is 2.94. The van der Waals surface area contributed by atoms with E-state index in [-0.39, 0.29) is 6.42 Å². The van der Waals surface area contributed by atoms with Crippen molar-refractivity contribution in [1.82, 2.24) is 4.98 Å². The molecule has 0 saturated heterocycles. The van der Waals surface area contributed by atoms with Crippen LogP contribution in [0.4, 0.5) is 0 Å². The van der Waals surface area contributed by atoms with E-state index in [2.05, 4.69) is 4.98 Å². The van der Waals surface area contributed by atoms with E-state index >= 15 is 0 Å². The number of nitrogens with zero attached hydrogens (tertiary/aromatic N) is 1. The zero-order valence-electron chi connectivity index (χ0n) is 7.40. The number of pyridine rings is 1. The fourth-order valence-electron chi connectivity index (χ4n) is 1.00. The van der Waals surface area contributed by atoms with E-state index in [1.54, 1.807) is 12.3 Å². The van der Waals surface area contributed by atoms with Crippen LogP contribution in [0.2, 0.25) is 0 Å². The van der Waals surface area contributed by atoms with Crippen LogP contribution < -0.4 is 5.73 Å². The van der Waals surface area contributed by atoms with Gasteiger partial charge in [-0.25, -0.2) is 0 Å². The van der Waals surface area contributed by atoms with Crippen molar-refractivity contribution in [3.63, 3.8) is 0 Å². The monoisotopic (exact) mass is 180 g/mol. The molecule has 0 amide bonds. The van der Waals surface area contributed by atoms with E-state index < -0.39 is 12.0 Å². The molecule has 1 heterocycles. The minimum absolute atomic E-state index is 0.0647. The Balaban J connectivity index is 2.71. The minimum Gasteiger partial charge on any atom is -0.481 e. The van der Waals surface area contributed by atoms with Crippen LogP contribution in [-0.4, -0.2) is 16.1 Å². The van der Waals surface area contributed by atoms with E-state index in [9.17, 15) is 4.79 Å². The Kier molecular flexibility index (Phi) is 2.97. The van der Waals surface area contributed by atoms with E-state index in [0.29, 0.717) is 0 Å². The molecule has 1 aromatic heterocycles. The largest absolute Gasteiger partial charge is 0.481 e. The summed E-state index contributed by atoms with van der Waals surface area (Å²) in [5.41, 5.74) is 7.28. The van der Waals surface area contributed by atoms with Crippen LogP contribution in [0.25, 0.3) is 0 Å². The van der Waals surface area contributed by atoms with Crippen LogP contribution in [0.5, 0.6) is 0 Å². The van der Waals surface area contributed by atoms with Gasteiger partial charge >= 0.3 is 5.97 Å². The first-order chi connectivity index (χ1) is 6.09. The van der Waals surface area contributed by atoms with Crippen molar-refractivity contribution >= 4 is 5.97 Å². The van der Waals surface area contributed by atoms with Gasteiger partial charge in [0.05, 0.1) is 6.42 Å². The molecule has 1 aromatic rings. The van der Waals surface area contributed by atoms with Gasteiger partial charge in [-0.15, -0.1) is 0 Å². The maximum absolute atomic E-state index is 10.3. The molecular formula is C9H12N2O2. The summed E-state index contributed by atoms with van der Waals surface area (Å²) in [6.07, 6.45) is 1.55. The Morgan fingerprint density at radius 3 is 2.85 bits per heavy atom. The fourth-order valence-corrected chi connectivity index (χ4v) is 1.00. The highest BCUT2D eigenvalue weighted by Gasteiger charge is 2.09. The van der Waals surface area contributed by atoms with Gasteiger partial charge in [-0.2, -0.15) is 0 Å². The van der Waals surface area contributed by atoms with Crippen molar-refractivity contribution in [3.05, 3.63) is 29.6 Å². The van der Waals surface area contributed by atoms with Crippen molar-refractivity contribution in [3.8, 4) is 0 Å². The molecule has 4 heteroatoms. The molecule has 0 aliphatic heterocycles. The topological polar surface area (TPSA) is 76.2 Å². The number of nitrogens with two attached hydrogens (primary N) is 1. The molecule has 0 bridgehead atoms. The van der Waals surface area contributed by atoms with Crippen molar-refractivity contribution in [1.29, 1.82) is 0 Å². The Morgan fingerprint density at radius 2 is 2.38 bits per heavy atom. The third-order valence-electron chi connectivity index (χ3n) is 1.76. The van der Waals surface area contributed by atoms with Gasteiger partial charge in [0.1, 0.15) is 0 Å². The summed E-state index contributed by atoms with van der Waals surface area (Å²) in [5, 5.41) is 8.50. The molecule has 3 N–H and O–H groups in total. The number of aromatic nitrogens is 1. The normalized spacial score (nSPS) is 12.5. The van der Waals surface area contributed by atoms with E-state index in [1.165, 1.54) is 0 Å². The second-order valence-electron chi connectivity index (χ2n) is 2.94. The Hall–Kier alpha value is -1.42. The van der Waals surface area contributed by atoms with Gasteiger partial charge in [0.2, 0.25) is 0 Å². The summed E-state index contributed by atoms with van der Waals surface area (Å²) >= 11 is 0. The zero-order chi connectivity index (χ0) is 9.84. The van der Waals surface area contributed by atoms with Gasteiger partial charge in [-0.3, -0.25) is 9.78 Å². The molecule has 1 rings (SSSR count). The Labute approximate surface area is 76.4 Å². The SMILES string of the molecule is Cc1ccc([C@H](N)CC(=O)O)cn1. The highest BCUT2D eigenvalue weighted by Crippen LogP contribution is 2.12. The summed E-state index contributed by atoms with van der Waals surface area (Å²) in [5.74, 6) is -0.895. The summed E-state index contributed by atoms with van der Waals surface area (Å²) in [6, 6.07) is 3.15. The van der Waals surface area contributed by atoms with Crippen LogP contribution in [-0.2, 0) is 4.79 Å². The predicted octanol–water partition coefficient (Wildman–Crippen LogP) is 0.865. The molecule has 4 nitrogen and oxygen atoms in total. The Morgan fingerprint density at radius 1 is 1.69 bits per heavy atom. The van der Waals surface area contributed by atoms with Gasteiger partial charge in [0.15, 0.2) is 0 Å². The summed E-state index contributed by atoms with van der Waals surface area (Å²) in [4.78, 5) is 14.4. The van der Waals surface area contributed by atoms with Gasteiger partial charge < -0.3 is 10.8 Å². The number of carbonyl (C=O) groups is 1. The van der Waals surface area contributed by atoms with Crippen LogP contribution in [0.1, 0.15) is 23.7 Å². The third-order valence-corrected chi connectivity index (χ3v) is 1.76. The number of hydrogen-bond donors (Lipinski definition) is 2. The molecule has 0 saturated carbocycles. The Bertz CT molecular complexity index is 295. The van der Waals surface area contributed by atoms with Crippen molar-refractivity contribution < 1.29 is 9.90 Å². The molecule has 1 atom stereocenters. The van der Waals surface area contributed by atoms with Gasteiger partial charge in [0, 0.05) is 17.9 Å². The first-order valence-corrected chi connectivity index (χ1v) is 3.99. The van der Waals surface area contributed by atoms with Crippen LogP contribution in [0.15, 0.2) is 18.3 Å². The highest BCUT2D eigenvalue weighted by atomic mass is 16.4. The average molecular weight is 180 g/mol. The molecule has 0 unspecified atom stereocenters. The lowest BCUT2D eigenvalue weighted by Crippen LogP contribution is -2.15. The zero-order valence-corrected chi connectivity index (χ0v) is 7.40. The van der Waals surface area contributed by atoms with Crippen molar-refractivity contribution in [2.75, 3.05) is 0 Å². The smallest absolute Gasteiger partial charge is 0.305 e. The number of aliphatic carboxylic acids is 1. The number of carboxylic acids is 1. The molecule has 0 radical (unpaired) electrons. The first kappa shape index (κ1) is 9.67. The standard InChI is InChI=1S/C9H12N2O2/c1-6-2-3-7(5-11-6)8(10)4-9(12)13/h2-3,5,8H,4,10H2,1H3,(H,12,13)/t8-/m1/s1. The number of aryl methyl sites for hydroxylation is 1. The molecule has 0 aromatic carbocycles. The summed E-state index contributed by atoms with van der Waals surface area (Å²) < 4.78 is 0. The molecular weight excluding hydrogens is 168 g/mol. The predicted molar refractivity (Wildman–Crippen MR) is 48.2 cm³/mol. The van der Waals surface area contributed by atoms with E-state index in [1.807, 2.05) is 13.0 Å². The molecule has 0 aliphatic rings. The number of hydrogen-bond acceptors (Lipinski definition) is 3. The van der Waals surface area contributed by atoms with Crippen molar-refractivity contribution in [2.45, 2.75) is 19.4 Å². The van der Waals surface area contributed by atoms with Gasteiger partial charge in [0.25, 0.3) is 0 Å². The lowest BCUT2D eigenvalue weighted by atomic mass is 10.1. The van der Waals surface area contributed by atoms with Crippen LogP contribution in [0.3, 0.4) is 0 Å². The van der Waals surface area contributed by atoms with Crippen LogP contribution >= 0.6 is 0 Å². The third kappa shape index (κ3) is 2.83. The second kappa shape index (κ2) is 4.00. The lowest BCUT2D eigenvalue weighted by molar-refractivity contribution is -0.137. The summed E-state index contributed by atoms with van der Waals surface area (Å²) in [7, 11) is 0. The van der Waals surface area contributed by atoms with Gasteiger partial charge in [-0.05, 0) is 18.6 Å². The van der Waals surface area contributed by atoms with Crippen molar-refractivity contribution in [2.24, 2.45) is 5.73 Å². The molecule has 0 fully saturated rings. The number of carboxylic acid groups (broad SMARTS) is 1.